The maximum atomic E-state index is 10.3. The molecule has 0 aliphatic heterocycles. The largest absolute Gasteiger partial charge is 0.389 e. The molecule has 0 radical (unpaired) electrons. The molecule has 1 aromatic heterocycles. The van der Waals surface area contributed by atoms with Crippen molar-refractivity contribution in [1.82, 2.24) is 10.3 Å². The van der Waals surface area contributed by atoms with E-state index in [0.717, 1.165) is 37.9 Å². The third-order valence-electron chi connectivity index (χ3n) is 3.65. The number of hydrogen-bond acceptors (Lipinski definition) is 3. The van der Waals surface area contributed by atoms with Crippen LogP contribution >= 0.6 is 0 Å². The Kier molecular flexibility index (Phi) is 4.13. The molecule has 1 aliphatic rings. The summed E-state index contributed by atoms with van der Waals surface area (Å²) in [6.45, 7) is 3.50. The Hall–Kier alpha value is -0.930. The maximum Gasteiger partial charge on any atom is 0.0771 e. The molecule has 0 amide bonds. The molecule has 1 aromatic rings. The Balaban J connectivity index is 1.81. The second-order valence-corrected chi connectivity index (χ2v) is 5.16. The Bertz CT molecular complexity index is 359. The van der Waals surface area contributed by atoms with Crippen LogP contribution in [0.5, 0.6) is 0 Å². The first-order valence-electron chi connectivity index (χ1n) is 6.53. The van der Waals surface area contributed by atoms with Gasteiger partial charge in [-0.15, -0.1) is 0 Å². The van der Waals surface area contributed by atoms with Crippen LogP contribution in [0.25, 0.3) is 0 Å². The van der Waals surface area contributed by atoms with Gasteiger partial charge in [-0.25, -0.2) is 0 Å². The molecule has 0 aromatic carbocycles. The molecule has 94 valence electrons. The minimum absolute atomic E-state index is 0.485. The predicted octanol–water partition coefficient (Wildman–Crippen LogP) is 2.17. The lowest BCUT2D eigenvalue weighted by Crippen LogP contribution is -2.42. The van der Waals surface area contributed by atoms with Crippen molar-refractivity contribution >= 4 is 0 Å². The van der Waals surface area contributed by atoms with Crippen molar-refractivity contribution in [1.29, 1.82) is 0 Å². The van der Waals surface area contributed by atoms with Crippen molar-refractivity contribution in [3.05, 3.63) is 29.6 Å². The van der Waals surface area contributed by atoms with E-state index in [1.807, 2.05) is 12.3 Å². The van der Waals surface area contributed by atoms with Gasteiger partial charge in [0, 0.05) is 19.3 Å². The molecule has 2 rings (SSSR count). The summed E-state index contributed by atoms with van der Waals surface area (Å²) in [5.41, 5.74) is 1.79. The predicted molar refractivity (Wildman–Crippen MR) is 68.7 cm³/mol. The van der Waals surface area contributed by atoms with Crippen LogP contribution in [0.1, 0.15) is 43.4 Å². The van der Waals surface area contributed by atoms with Gasteiger partial charge in [-0.2, -0.15) is 0 Å². The van der Waals surface area contributed by atoms with E-state index >= 15 is 0 Å². The van der Waals surface area contributed by atoms with Crippen molar-refractivity contribution in [2.45, 2.75) is 51.2 Å². The van der Waals surface area contributed by atoms with E-state index in [4.69, 9.17) is 0 Å². The highest BCUT2D eigenvalue weighted by Gasteiger charge is 2.28. The highest BCUT2D eigenvalue weighted by Crippen LogP contribution is 2.27. The quantitative estimate of drug-likeness (QED) is 0.839. The molecule has 0 atom stereocenters. The summed E-state index contributed by atoms with van der Waals surface area (Å²) in [6.07, 6.45) is 7.25. The van der Waals surface area contributed by atoms with Crippen molar-refractivity contribution in [2.75, 3.05) is 6.54 Å². The second-order valence-electron chi connectivity index (χ2n) is 5.16. The number of nitrogens with zero attached hydrogens (tertiary/aromatic N) is 1. The van der Waals surface area contributed by atoms with Gasteiger partial charge in [0.25, 0.3) is 0 Å². The van der Waals surface area contributed by atoms with Gasteiger partial charge in [-0.1, -0.05) is 25.3 Å². The Morgan fingerprint density at radius 2 is 2.12 bits per heavy atom. The SMILES string of the molecule is Cc1cccnc1CNCC1(O)CCCCC1. The van der Waals surface area contributed by atoms with Gasteiger partial charge in [0.1, 0.15) is 0 Å². The summed E-state index contributed by atoms with van der Waals surface area (Å²) in [4.78, 5) is 4.34. The van der Waals surface area contributed by atoms with Gasteiger partial charge < -0.3 is 10.4 Å². The second kappa shape index (κ2) is 5.61. The Morgan fingerprint density at radius 3 is 2.82 bits per heavy atom. The topological polar surface area (TPSA) is 45.2 Å². The van der Waals surface area contributed by atoms with Gasteiger partial charge >= 0.3 is 0 Å². The molecule has 3 nitrogen and oxygen atoms in total. The average molecular weight is 234 g/mol. The number of rotatable bonds is 4. The van der Waals surface area contributed by atoms with Gasteiger partial charge in [0.2, 0.25) is 0 Å². The van der Waals surface area contributed by atoms with Crippen LogP contribution in [-0.2, 0) is 6.54 Å². The zero-order valence-electron chi connectivity index (χ0n) is 10.6. The molecular formula is C14H22N2O. The number of pyridine rings is 1. The summed E-state index contributed by atoms with van der Waals surface area (Å²) in [5, 5.41) is 13.7. The van der Waals surface area contributed by atoms with E-state index in [9.17, 15) is 5.11 Å². The molecule has 1 aliphatic carbocycles. The molecular weight excluding hydrogens is 212 g/mol. The molecule has 3 heteroatoms. The minimum atomic E-state index is -0.485. The highest BCUT2D eigenvalue weighted by molar-refractivity contribution is 5.17. The lowest BCUT2D eigenvalue weighted by atomic mass is 9.85. The van der Waals surface area contributed by atoms with Gasteiger partial charge in [0.15, 0.2) is 0 Å². The van der Waals surface area contributed by atoms with Crippen molar-refractivity contribution in [3.63, 3.8) is 0 Å². The number of nitrogens with one attached hydrogen (secondary N) is 1. The first-order chi connectivity index (χ1) is 8.20. The molecule has 1 fully saturated rings. The lowest BCUT2D eigenvalue weighted by Gasteiger charge is -2.32. The fraction of sp³-hybridized carbons (Fsp3) is 0.643. The number of aryl methyl sites for hydroxylation is 1. The maximum absolute atomic E-state index is 10.3. The summed E-state index contributed by atoms with van der Waals surface area (Å²) >= 11 is 0. The van der Waals surface area contributed by atoms with Crippen LogP contribution in [0.4, 0.5) is 0 Å². The molecule has 0 spiro atoms. The van der Waals surface area contributed by atoms with E-state index in [1.165, 1.54) is 12.0 Å². The number of aromatic nitrogens is 1. The average Bonchev–Trinajstić information content (AvgIpc) is 2.32. The van der Waals surface area contributed by atoms with Gasteiger partial charge in [0.05, 0.1) is 11.3 Å². The van der Waals surface area contributed by atoms with E-state index in [2.05, 4.69) is 23.3 Å². The minimum Gasteiger partial charge on any atom is -0.389 e. The van der Waals surface area contributed by atoms with Crippen molar-refractivity contribution in [3.8, 4) is 0 Å². The van der Waals surface area contributed by atoms with Gasteiger partial charge in [-0.3, -0.25) is 4.98 Å². The van der Waals surface area contributed by atoms with E-state index in [-0.39, 0.29) is 0 Å². The molecule has 1 saturated carbocycles. The Labute approximate surface area is 103 Å². The van der Waals surface area contributed by atoms with Gasteiger partial charge in [-0.05, 0) is 31.4 Å². The van der Waals surface area contributed by atoms with Crippen LogP contribution in [0.3, 0.4) is 0 Å². The zero-order valence-corrected chi connectivity index (χ0v) is 10.6. The van der Waals surface area contributed by atoms with E-state index in [0.29, 0.717) is 6.54 Å². The molecule has 0 saturated heterocycles. The van der Waals surface area contributed by atoms with Crippen LogP contribution in [0.15, 0.2) is 18.3 Å². The summed E-state index contributed by atoms with van der Waals surface area (Å²) in [6, 6.07) is 4.02. The van der Waals surface area contributed by atoms with Crippen molar-refractivity contribution in [2.24, 2.45) is 0 Å². The normalized spacial score (nSPS) is 19.2. The van der Waals surface area contributed by atoms with Crippen LogP contribution in [0.2, 0.25) is 0 Å². The van der Waals surface area contributed by atoms with E-state index < -0.39 is 5.60 Å². The first kappa shape index (κ1) is 12.5. The van der Waals surface area contributed by atoms with E-state index in [1.54, 1.807) is 0 Å². The molecule has 0 unspecified atom stereocenters. The molecule has 2 N–H and O–H groups in total. The summed E-state index contributed by atoms with van der Waals surface area (Å²) in [7, 11) is 0. The van der Waals surface area contributed by atoms with Crippen LogP contribution in [0, 0.1) is 6.92 Å². The standard InChI is InChI=1S/C14H22N2O/c1-12-6-5-9-16-13(12)10-15-11-14(17)7-3-2-4-8-14/h5-6,9,15,17H,2-4,7-8,10-11H2,1H3. The molecule has 17 heavy (non-hydrogen) atoms. The first-order valence-corrected chi connectivity index (χ1v) is 6.53. The molecule has 1 heterocycles. The molecule has 0 bridgehead atoms. The summed E-state index contributed by atoms with van der Waals surface area (Å²) in [5.74, 6) is 0. The van der Waals surface area contributed by atoms with Crippen LogP contribution in [-0.4, -0.2) is 22.2 Å². The Morgan fingerprint density at radius 1 is 1.35 bits per heavy atom. The number of hydrogen-bond donors (Lipinski definition) is 2. The third-order valence-corrected chi connectivity index (χ3v) is 3.65. The van der Waals surface area contributed by atoms with Crippen LogP contribution < -0.4 is 5.32 Å². The summed E-state index contributed by atoms with van der Waals surface area (Å²) < 4.78 is 0. The highest BCUT2D eigenvalue weighted by atomic mass is 16.3. The zero-order chi connectivity index (χ0) is 12.1. The fourth-order valence-corrected chi connectivity index (χ4v) is 2.50. The van der Waals surface area contributed by atoms with Crippen molar-refractivity contribution < 1.29 is 5.11 Å². The fourth-order valence-electron chi connectivity index (χ4n) is 2.50. The third kappa shape index (κ3) is 3.51. The number of aliphatic hydroxyl groups is 1. The smallest absolute Gasteiger partial charge is 0.0771 e. The monoisotopic (exact) mass is 234 g/mol. The lowest BCUT2D eigenvalue weighted by molar-refractivity contribution is 0.00461.